The van der Waals surface area contributed by atoms with Gasteiger partial charge in [-0.05, 0) is 37.1 Å². The fourth-order valence-corrected chi connectivity index (χ4v) is 1.70. The number of carbonyl (C=O) groups is 2. The van der Waals surface area contributed by atoms with E-state index in [2.05, 4.69) is 10.6 Å². The molecular formula is C12H15ClN2O3. The molecule has 0 saturated carbocycles. The number of halogens is 1. The molecule has 0 fully saturated rings. The molecule has 0 saturated heterocycles. The lowest BCUT2D eigenvalue weighted by atomic mass is 10.0. The van der Waals surface area contributed by atoms with E-state index in [0.29, 0.717) is 29.2 Å². The minimum absolute atomic E-state index is 0.205. The van der Waals surface area contributed by atoms with Crippen molar-refractivity contribution < 1.29 is 14.7 Å². The maximum Gasteiger partial charge on any atom is 0.335 e. The number of aromatic carboxylic acids is 1. The van der Waals surface area contributed by atoms with Gasteiger partial charge < -0.3 is 15.7 Å². The van der Waals surface area contributed by atoms with E-state index in [-0.39, 0.29) is 11.6 Å². The number of benzene rings is 1. The zero-order valence-corrected chi connectivity index (χ0v) is 11.0. The average Bonchev–Trinajstić information content (AvgIpc) is 2.30. The smallest absolute Gasteiger partial charge is 0.335 e. The molecule has 3 N–H and O–H groups in total. The topological polar surface area (TPSA) is 78.4 Å². The van der Waals surface area contributed by atoms with Crippen molar-refractivity contribution in [2.45, 2.75) is 13.8 Å². The number of anilines is 1. The van der Waals surface area contributed by atoms with E-state index in [1.165, 1.54) is 12.1 Å². The first-order valence-corrected chi connectivity index (χ1v) is 5.94. The van der Waals surface area contributed by atoms with Crippen LogP contribution in [-0.2, 0) is 0 Å². The Hall–Kier alpha value is -1.75. The SMILES string of the molecule is Cc1cc(C(=O)O)cc(C)c1NC(=O)NCCCl. The number of hydrogen-bond acceptors (Lipinski definition) is 2. The Bertz CT molecular complexity index is 451. The van der Waals surface area contributed by atoms with Crippen molar-refractivity contribution in [2.75, 3.05) is 17.7 Å². The number of amides is 2. The first-order chi connectivity index (χ1) is 8.45. The molecule has 0 aliphatic rings. The highest BCUT2D eigenvalue weighted by atomic mass is 35.5. The van der Waals surface area contributed by atoms with Gasteiger partial charge in [-0.2, -0.15) is 0 Å². The van der Waals surface area contributed by atoms with Gasteiger partial charge in [-0.1, -0.05) is 0 Å². The molecule has 0 bridgehead atoms. The summed E-state index contributed by atoms with van der Waals surface area (Å²) in [7, 11) is 0. The maximum absolute atomic E-state index is 11.5. The lowest BCUT2D eigenvalue weighted by molar-refractivity contribution is 0.0696. The predicted molar refractivity (Wildman–Crippen MR) is 70.6 cm³/mol. The molecule has 1 aromatic carbocycles. The van der Waals surface area contributed by atoms with E-state index in [1.807, 2.05) is 0 Å². The van der Waals surface area contributed by atoms with Crippen molar-refractivity contribution in [3.63, 3.8) is 0 Å². The van der Waals surface area contributed by atoms with Gasteiger partial charge in [0.1, 0.15) is 0 Å². The second-order valence-electron chi connectivity index (χ2n) is 3.86. The third-order valence-corrected chi connectivity index (χ3v) is 2.59. The summed E-state index contributed by atoms with van der Waals surface area (Å²) in [6.45, 7) is 3.87. The highest BCUT2D eigenvalue weighted by molar-refractivity contribution is 6.18. The second kappa shape index (κ2) is 6.26. The zero-order chi connectivity index (χ0) is 13.7. The standard InChI is InChI=1S/C12H15ClN2O3/c1-7-5-9(11(16)17)6-8(2)10(7)15-12(18)14-4-3-13/h5-6H,3-4H2,1-2H3,(H,16,17)(H2,14,15,18). The summed E-state index contributed by atoms with van der Waals surface area (Å²) in [6, 6.07) is 2.68. The van der Waals surface area contributed by atoms with Crippen LogP contribution < -0.4 is 10.6 Å². The van der Waals surface area contributed by atoms with Gasteiger partial charge in [0.15, 0.2) is 0 Å². The third kappa shape index (κ3) is 3.63. The summed E-state index contributed by atoms with van der Waals surface area (Å²) in [5.74, 6) is -0.650. The first-order valence-electron chi connectivity index (χ1n) is 5.41. The molecule has 0 spiro atoms. The van der Waals surface area contributed by atoms with Crippen molar-refractivity contribution >= 4 is 29.3 Å². The summed E-state index contributed by atoms with van der Waals surface area (Å²) in [6.07, 6.45) is 0. The molecular weight excluding hydrogens is 256 g/mol. The van der Waals surface area contributed by atoms with Gasteiger partial charge >= 0.3 is 12.0 Å². The molecule has 0 heterocycles. The summed E-state index contributed by atoms with van der Waals surface area (Å²) in [4.78, 5) is 22.4. The van der Waals surface area contributed by atoms with Gasteiger partial charge in [-0.15, -0.1) is 11.6 Å². The third-order valence-electron chi connectivity index (χ3n) is 2.40. The van der Waals surface area contributed by atoms with Crippen LogP contribution in [0.15, 0.2) is 12.1 Å². The van der Waals surface area contributed by atoms with Gasteiger partial charge in [0.2, 0.25) is 0 Å². The lowest BCUT2D eigenvalue weighted by Gasteiger charge is -2.13. The van der Waals surface area contributed by atoms with Crippen LogP contribution >= 0.6 is 11.6 Å². The van der Waals surface area contributed by atoms with Gasteiger partial charge in [0.05, 0.1) is 5.56 Å². The summed E-state index contributed by atoms with van der Waals surface area (Å²) in [5, 5.41) is 14.2. The summed E-state index contributed by atoms with van der Waals surface area (Å²) in [5.41, 5.74) is 2.23. The molecule has 0 aliphatic carbocycles. The monoisotopic (exact) mass is 270 g/mol. The zero-order valence-electron chi connectivity index (χ0n) is 10.2. The Labute approximate surface area is 110 Å². The molecule has 1 aromatic rings. The van der Waals surface area contributed by atoms with Crippen molar-refractivity contribution in [3.8, 4) is 0 Å². The number of aryl methyl sites for hydroxylation is 2. The van der Waals surface area contributed by atoms with Crippen LogP contribution in [0.3, 0.4) is 0 Å². The minimum Gasteiger partial charge on any atom is -0.478 e. The van der Waals surface area contributed by atoms with E-state index in [4.69, 9.17) is 16.7 Å². The minimum atomic E-state index is -0.987. The van der Waals surface area contributed by atoms with Crippen LogP contribution in [0, 0.1) is 13.8 Å². The quantitative estimate of drug-likeness (QED) is 0.735. The number of carbonyl (C=O) groups excluding carboxylic acids is 1. The Morgan fingerprint density at radius 2 is 1.83 bits per heavy atom. The van der Waals surface area contributed by atoms with Gasteiger partial charge in [0.25, 0.3) is 0 Å². The van der Waals surface area contributed by atoms with Crippen LogP contribution in [-0.4, -0.2) is 29.5 Å². The lowest BCUT2D eigenvalue weighted by Crippen LogP contribution is -2.30. The maximum atomic E-state index is 11.5. The molecule has 2 amide bonds. The highest BCUT2D eigenvalue weighted by Gasteiger charge is 2.11. The van der Waals surface area contributed by atoms with Crippen LogP contribution in [0.4, 0.5) is 10.5 Å². The van der Waals surface area contributed by atoms with E-state index < -0.39 is 5.97 Å². The van der Waals surface area contributed by atoms with Gasteiger partial charge in [-0.3, -0.25) is 0 Å². The molecule has 0 aromatic heterocycles. The van der Waals surface area contributed by atoms with Crippen LogP contribution in [0.5, 0.6) is 0 Å². The van der Waals surface area contributed by atoms with Crippen molar-refractivity contribution in [1.29, 1.82) is 0 Å². The van der Waals surface area contributed by atoms with E-state index in [9.17, 15) is 9.59 Å². The molecule has 0 radical (unpaired) electrons. The molecule has 98 valence electrons. The average molecular weight is 271 g/mol. The number of urea groups is 1. The number of hydrogen-bond donors (Lipinski definition) is 3. The largest absolute Gasteiger partial charge is 0.478 e. The number of carboxylic acid groups (broad SMARTS) is 1. The van der Waals surface area contributed by atoms with E-state index >= 15 is 0 Å². The van der Waals surface area contributed by atoms with E-state index in [1.54, 1.807) is 13.8 Å². The number of nitrogens with one attached hydrogen (secondary N) is 2. The Kier molecular flexibility index (Phi) is 4.97. The van der Waals surface area contributed by atoms with Gasteiger partial charge in [-0.25, -0.2) is 9.59 Å². The normalized spacial score (nSPS) is 9.94. The van der Waals surface area contributed by atoms with E-state index in [0.717, 1.165) is 0 Å². The fraction of sp³-hybridized carbons (Fsp3) is 0.333. The highest BCUT2D eigenvalue weighted by Crippen LogP contribution is 2.22. The molecule has 18 heavy (non-hydrogen) atoms. The predicted octanol–water partition coefficient (Wildman–Crippen LogP) is 2.36. The molecule has 0 atom stereocenters. The Morgan fingerprint density at radius 1 is 1.28 bits per heavy atom. The number of rotatable bonds is 4. The van der Waals surface area contributed by atoms with Crippen LogP contribution in [0.25, 0.3) is 0 Å². The van der Waals surface area contributed by atoms with Crippen LogP contribution in [0.2, 0.25) is 0 Å². The van der Waals surface area contributed by atoms with Gasteiger partial charge in [0, 0.05) is 18.1 Å². The van der Waals surface area contributed by atoms with Crippen molar-refractivity contribution in [3.05, 3.63) is 28.8 Å². The first kappa shape index (κ1) is 14.3. The molecule has 0 aliphatic heterocycles. The number of alkyl halides is 1. The molecule has 1 rings (SSSR count). The fourth-order valence-electron chi connectivity index (χ4n) is 1.60. The summed E-state index contributed by atoms with van der Waals surface area (Å²) >= 11 is 5.46. The van der Waals surface area contributed by atoms with Crippen LogP contribution in [0.1, 0.15) is 21.5 Å². The Morgan fingerprint density at radius 3 is 2.28 bits per heavy atom. The molecule has 0 unspecified atom stereocenters. The number of carboxylic acids is 1. The summed E-state index contributed by atoms with van der Waals surface area (Å²) < 4.78 is 0. The Balaban J connectivity index is 2.90. The molecule has 5 nitrogen and oxygen atoms in total. The van der Waals surface area contributed by atoms with Crippen molar-refractivity contribution in [2.24, 2.45) is 0 Å². The second-order valence-corrected chi connectivity index (χ2v) is 4.24. The van der Waals surface area contributed by atoms with Crippen molar-refractivity contribution in [1.82, 2.24) is 5.32 Å². The molecule has 6 heteroatoms.